The van der Waals surface area contributed by atoms with Gasteiger partial charge in [0.05, 0.1) is 0 Å². The van der Waals surface area contributed by atoms with Crippen LogP contribution in [0.2, 0.25) is 0 Å². The Bertz CT molecular complexity index is 686. The van der Waals surface area contributed by atoms with Gasteiger partial charge in [0, 0.05) is 49.4 Å². The van der Waals surface area contributed by atoms with Crippen LogP contribution in [0.15, 0.2) is 29.9 Å². The highest BCUT2D eigenvalue weighted by atomic mass is 32.1. The number of amides is 2. The lowest BCUT2D eigenvalue weighted by atomic mass is 10.3. The zero-order chi connectivity index (χ0) is 16.1. The molecule has 1 fully saturated rings. The summed E-state index contributed by atoms with van der Waals surface area (Å²) in [6, 6.07) is 3.74. The summed E-state index contributed by atoms with van der Waals surface area (Å²) < 4.78 is 0. The zero-order valence-electron chi connectivity index (χ0n) is 12.7. The molecular weight excluding hydrogens is 312 g/mol. The fraction of sp³-hybridized carbons (Fsp3) is 0.375. The van der Waals surface area contributed by atoms with Gasteiger partial charge in [-0.05, 0) is 25.0 Å². The molecule has 1 aliphatic heterocycles. The molecule has 1 N–H and O–H groups in total. The predicted octanol–water partition coefficient (Wildman–Crippen LogP) is 1.95. The van der Waals surface area contributed by atoms with Crippen molar-refractivity contribution < 1.29 is 9.59 Å². The van der Waals surface area contributed by atoms with Gasteiger partial charge in [-0.15, -0.1) is 11.3 Å². The number of carbonyl (C=O) groups excluding carboxylic acids is 2. The molecule has 120 valence electrons. The minimum absolute atomic E-state index is 0.172. The Hall–Kier alpha value is -2.28. The molecule has 0 spiro atoms. The number of nitrogens with one attached hydrogen (secondary N) is 1. The predicted molar refractivity (Wildman–Crippen MR) is 88.1 cm³/mol. The van der Waals surface area contributed by atoms with Crippen molar-refractivity contribution in [2.24, 2.45) is 0 Å². The Labute approximate surface area is 138 Å². The number of hydrogen-bond acceptors (Lipinski definition) is 5. The summed E-state index contributed by atoms with van der Waals surface area (Å²) in [6.45, 7) is 2.09. The van der Waals surface area contributed by atoms with E-state index in [0.29, 0.717) is 25.2 Å². The van der Waals surface area contributed by atoms with Gasteiger partial charge >= 0.3 is 0 Å². The molecule has 0 saturated carbocycles. The van der Waals surface area contributed by atoms with Crippen molar-refractivity contribution in [1.29, 1.82) is 0 Å². The molecule has 2 aromatic rings. The van der Waals surface area contributed by atoms with E-state index in [0.717, 1.165) is 30.0 Å². The number of thiazole rings is 1. The average Bonchev–Trinajstić information content (AvgIpc) is 3.22. The van der Waals surface area contributed by atoms with Crippen LogP contribution in [-0.4, -0.2) is 46.3 Å². The second-order valence-corrected chi connectivity index (χ2v) is 6.23. The van der Waals surface area contributed by atoms with Crippen LogP contribution >= 0.6 is 11.3 Å². The van der Waals surface area contributed by atoms with E-state index in [4.69, 9.17) is 0 Å². The molecule has 0 atom stereocenters. The van der Waals surface area contributed by atoms with Gasteiger partial charge in [0.2, 0.25) is 5.91 Å². The third-order valence-electron chi connectivity index (χ3n) is 3.73. The standard InChI is InChI=1S/C16H18N4O2S/c21-14-3-1-9-20(14)10-2-6-18-15(22)13-11-23-16(19-13)12-4-7-17-8-5-12/h4-5,7-8,11H,1-3,6,9-10H2,(H,18,22). The van der Waals surface area contributed by atoms with Gasteiger partial charge in [0.25, 0.3) is 5.91 Å². The Kier molecular flexibility index (Phi) is 4.97. The van der Waals surface area contributed by atoms with E-state index < -0.39 is 0 Å². The quantitative estimate of drug-likeness (QED) is 0.822. The van der Waals surface area contributed by atoms with Crippen molar-refractivity contribution in [2.75, 3.05) is 19.6 Å². The summed E-state index contributed by atoms with van der Waals surface area (Å²) in [5.41, 5.74) is 1.38. The zero-order valence-corrected chi connectivity index (χ0v) is 13.5. The van der Waals surface area contributed by atoms with Crippen LogP contribution in [0.5, 0.6) is 0 Å². The SMILES string of the molecule is O=C(NCCCN1CCCC1=O)c1csc(-c2ccncc2)n1. The molecule has 0 aromatic carbocycles. The normalized spacial score (nSPS) is 14.3. The molecule has 0 radical (unpaired) electrons. The molecule has 2 aromatic heterocycles. The monoisotopic (exact) mass is 330 g/mol. The van der Waals surface area contributed by atoms with Crippen LogP contribution in [-0.2, 0) is 4.79 Å². The molecule has 0 unspecified atom stereocenters. The van der Waals surface area contributed by atoms with Crippen molar-refractivity contribution in [3.05, 3.63) is 35.6 Å². The average molecular weight is 330 g/mol. The summed E-state index contributed by atoms with van der Waals surface area (Å²) >= 11 is 1.44. The molecule has 1 aliphatic rings. The number of carbonyl (C=O) groups is 2. The molecular formula is C16H18N4O2S. The third kappa shape index (κ3) is 3.92. The summed E-state index contributed by atoms with van der Waals surface area (Å²) in [5, 5.41) is 5.42. The number of likely N-dealkylation sites (tertiary alicyclic amines) is 1. The van der Waals surface area contributed by atoms with Crippen LogP contribution in [0.25, 0.3) is 10.6 Å². The molecule has 1 saturated heterocycles. The van der Waals surface area contributed by atoms with Crippen LogP contribution in [0, 0.1) is 0 Å². The van der Waals surface area contributed by atoms with Gasteiger partial charge in [0.1, 0.15) is 10.7 Å². The molecule has 3 heterocycles. The third-order valence-corrected chi connectivity index (χ3v) is 4.62. The summed E-state index contributed by atoms with van der Waals surface area (Å²) in [6.07, 6.45) is 5.77. The fourth-order valence-electron chi connectivity index (χ4n) is 2.51. The number of rotatable bonds is 6. The Balaban J connectivity index is 1.47. The van der Waals surface area contributed by atoms with Crippen molar-refractivity contribution in [1.82, 2.24) is 20.2 Å². The Morgan fingerprint density at radius 3 is 2.91 bits per heavy atom. The van der Waals surface area contributed by atoms with E-state index in [2.05, 4.69) is 15.3 Å². The van der Waals surface area contributed by atoms with E-state index in [1.54, 1.807) is 17.8 Å². The van der Waals surface area contributed by atoms with Gasteiger partial charge in [-0.2, -0.15) is 0 Å². The molecule has 2 amide bonds. The van der Waals surface area contributed by atoms with Crippen molar-refractivity contribution in [2.45, 2.75) is 19.3 Å². The number of nitrogens with zero attached hydrogens (tertiary/aromatic N) is 3. The summed E-state index contributed by atoms with van der Waals surface area (Å²) in [4.78, 5) is 33.8. The summed E-state index contributed by atoms with van der Waals surface area (Å²) in [5.74, 6) is 0.0483. The van der Waals surface area contributed by atoms with Gasteiger partial charge in [-0.25, -0.2) is 4.98 Å². The van der Waals surface area contributed by atoms with Gasteiger partial charge < -0.3 is 10.2 Å². The first kappa shape index (κ1) is 15.6. The van der Waals surface area contributed by atoms with Gasteiger partial charge in [-0.3, -0.25) is 14.6 Å². The Morgan fingerprint density at radius 1 is 1.35 bits per heavy atom. The number of hydrogen-bond donors (Lipinski definition) is 1. The topological polar surface area (TPSA) is 75.2 Å². The van der Waals surface area contributed by atoms with Crippen LogP contribution in [0.4, 0.5) is 0 Å². The maximum Gasteiger partial charge on any atom is 0.270 e. The van der Waals surface area contributed by atoms with Gasteiger partial charge in [-0.1, -0.05) is 0 Å². The van der Waals surface area contributed by atoms with E-state index in [-0.39, 0.29) is 11.8 Å². The smallest absolute Gasteiger partial charge is 0.270 e. The molecule has 0 aliphatic carbocycles. The molecule has 7 heteroatoms. The van der Waals surface area contributed by atoms with E-state index in [9.17, 15) is 9.59 Å². The number of aromatic nitrogens is 2. The van der Waals surface area contributed by atoms with Crippen molar-refractivity contribution in [3.8, 4) is 10.6 Å². The second kappa shape index (κ2) is 7.32. The van der Waals surface area contributed by atoms with Gasteiger partial charge in [0.15, 0.2) is 0 Å². The minimum Gasteiger partial charge on any atom is -0.351 e. The highest BCUT2D eigenvalue weighted by Crippen LogP contribution is 2.22. The lowest BCUT2D eigenvalue weighted by Crippen LogP contribution is -2.30. The second-order valence-electron chi connectivity index (χ2n) is 5.37. The van der Waals surface area contributed by atoms with E-state index in [1.807, 2.05) is 17.0 Å². The highest BCUT2D eigenvalue weighted by Gasteiger charge is 2.19. The van der Waals surface area contributed by atoms with E-state index in [1.165, 1.54) is 11.3 Å². The first-order valence-electron chi connectivity index (χ1n) is 7.66. The first-order chi connectivity index (χ1) is 11.2. The molecule has 0 bridgehead atoms. The molecule has 3 rings (SSSR count). The molecule has 23 heavy (non-hydrogen) atoms. The lowest BCUT2D eigenvalue weighted by molar-refractivity contribution is -0.127. The van der Waals surface area contributed by atoms with Crippen LogP contribution < -0.4 is 5.32 Å². The minimum atomic E-state index is -0.172. The lowest BCUT2D eigenvalue weighted by Gasteiger charge is -2.14. The highest BCUT2D eigenvalue weighted by molar-refractivity contribution is 7.13. The maximum atomic E-state index is 12.1. The van der Waals surface area contributed by atoms with Crippen LogP contribution in [0.1, 0.15) is 29.8 Å². The van der Waals surface area contributed by atoms with Crippen molar-refractivity contribution >= 4 is 23.2 Å². The summed E-state index contributed by atoms with van der Waals surface area (Å²) in [7, 11) is 0. The van der Waals surface area contributed by atoms with E-state index >= 15 is 0 Å². The molecule has 6 nitrogen and oxygen atoms in total. The van der Waals surface area contributed by atoms with Crippen molar-refractivity contribution in [3.63, 3.8) is 0 Å². The van der Waals surface area contributed by atoms with Crippen LogP contribution in [0.3, 0.4) is 0 Å². The Morgan fingerprint density at radius 2 is 2.17 bits per heavy atom. The fourth-order valence-corrected chi connectivity index (χ4v) is 3.31. The first-order valence-corrected chi connectivity index (χ1v) is 8.54. The maximum absolute atomic E-state index is 12.1. The number of pyridine rings is 1. The largest absolute Gasteiger partial charge is 0.351 e.